The number of amides is 1. The Bertz CT molecular complexity index is 505. The minimum Gasteiger partial charge on any atom is -0.481 e. The molecule has 0 aliphatic heterocycles. The second-order valence-corrected chi connectivity index (χ2v) is 4.59. The molecule has 1 N–H and O–H groups in total. The molecule has 0 saturated heterocycles. The van der Waals surface area contributed by atoms with E-state index in [1.165, 1.54) is 6.92 Å². The van der Waals surface area contributed by atoms with Crippen molar-refractivity contribution in [1.29, 1.82) is 0 Å². The van der Waals surface area contributed by atoms with Crippen LogP contribution in [-0.2, 0) is 9.59 Å². The van der Waals surface area contributed by atoms with Crippen LogP contribution in [0, 0.1) is 17.6 Å². The van der Waals surface area contributed by atoms with Crippen LogP contribution in [0.25, 0.3) is 0 Å². The van der Waals surface area contributed by atoms with Crippen molar-refractivity contribution in [2.75, 3.05) is 11.4 Å². The molecule has 1 unspecified atom stereocenters. The van der Waals surface area contributed by atoms with Crippen molar-refractivity contribution >= 4 is 17.6 Å². The molecule has 110 valence electrons. The number of benzene rings is 1. The molecule has 0 aliphatic carbocycles. The summed E-state index contributed by atoms with van der Waals surface area (Å²) in [6.45, 7) is 3.06. The average Bonchev–Trinajstić information content (AvgIpc) is 2.36. The molecule has 4 nitrogen and oxygen atoms in total. The van der Waals surface area contributed by atoms with Gasteiger partial charge in [0.25, 0.3) is 0 Å². The minimum atomic E-state index is -1.08. The molecule has 0 bridgehead atoms. The van der Waals surface area contributed by atoms with Crippen molar-refractivity contribution in [3.8, 4) is 0 Å². The van der Waals surface area contributed by atoms with Crippen LogP contribution >= 0.6 is 0 Å². The van der Waals surface area contributed by atoms with Crippen molar-refractivity contribution < 1.29 is 23.5 Å². The van der Waals surface area contributed by atoms with E-state index in [1.54, 1.807) is 6.92 Å². The number of halogens is 2. The van der Waals surface area contributed by atoms with E-state index in [2.05, 4.69) is 0 Å². The van der Waals surface area contributed by atoms with Gasteiger partial charge in [-0.05, 0) is 18.6 Å². The van der Waals surface area contributed by atoms with E-state index >= 15 is 0 Å². The Hall–Kier alpha value is -1.98. The maximum Gasteiger partial charge on any atom is 0.308 e. The van der Waals surface area contributed by atoms with Crippen LogP contribution in [0.15, 0.2) is 18.2 Å². The van der Waals surface area contributed by atoms with E-state index in [1.807, 2.05) is 0 Å². The van der Waals surface area contributed by atoms with E-state index in [-0.39, 0.29) is 24.6 Å². The maximum absolute atomic E-state index is 13.8. The number of aliphatic carboxylic acids is 1. The fourth-order valence-corrected chi connectivity index (χ4v) is 1.74. The van der Waals surface area contributed by atoms with Crippen LogP contribution in [0.5, 0.6) is 0 Å². The summed E-state index contributed by atoms with van der Waals surface area (Å²) < 4.78 is 26.7. The summed E-state index contributed by atoms with van der Waals surface area (Å²) in [7, 11) is 0. The fourth-order valence-electron chi connectivity index (χ4n) is 1.74. The molecule has 1 aromatic carbocycles. The molecule has 6 heteroatoms. The monoisotopic (exact) mass is 285 g/mol. The lowest BCUT2D eigenvalue weighted by Crippen LogP contribution is -2.37. The van der Waals surface area contributed by atoms with Crippen LogP contribution in [0.1, 0.15) is 26.7 Å². The quantitative estimate of drug-likeness (QED) is 0.874. The van der Waals surface area contributed by atoms with Crippen LogP contribution in [-0.4, -0.2) is 23.5 Å². The summed E-state index contributed by atoms with van der Waals surface area (Å²) >= 11 is 0. The molecule has 1 aromatic rings. The van der Waals surface area contributed by atoms with Crippen LogP contribution in [0.2, 0.25) is 0 Å². The van der Waals surface area contributed by atoms with E-state index < -0.39 is 23.5 Å². The topological polar surface area (TPSA) is 57.6 Å². The largest absolute Gasteiger partial charge is 0.481 e. The van der Waals surface area contributed by atoms with Gasteiger partial charge in [-0.3, -0.25) is 9.59 Å². The van der Waals surface area contributed by atoms with Crippen molar-refractivity contribution in [2.45, 2.75) is 26.7 Å². The summed E-state index contributed by atoms with van der Waals surface area (Å²) in [5.41, 5.74) is -0.0991. The predicted octanol–water partition coefficient (Wildman–Crippen LogP) is 2.82. The Balaban J connectivity index is 3.09. The number of hydrogen-bond donors (Lipinski definition) is 1. The molecular formula is C14H17F2NO3. The molecule has 1 rings (SSSR count). The highest BCUT2D eigenvalue weighted by Gasteiger charge is 2.23. The van der Waals surface area contributed by atoms with Gasteiger partial charge in [0.15, 0.2) is 0 Å². The lowest BCUT2D eigenvalue weighted by Gasteiger charge is -2.25. The molecule has 0 heterocycles. The minimum absolute atomic E-state index is 0.0991. The normalized spacial score (nSPS) is 12.0. The molecule has 0 spiro atoms. The Morgan fingerprint density at radius 1 is 1.35 bits per heavy atom. The fraction of sp³-hybridized carbons (Fsp3) is 0.429. The van der Waals surface area contributed by atoms with E-state index in [0.717, 1.165) is 17.0 Å². The van der Waals surface area contributed by atoms with Gasteiger partial charge in [0.1, 0.15) is 11.6 Å². The number of carbonyl (C=O) groups excluding carboxylic acids is 1. The zero-order valence-electron chi connectivity index (χ0n) is 11.4. The molecular weight excluding hydrogens is 268 g/mol. The Labute approximate surface area is 116 Å². The summed E-state index contributed by atoms with van der Waals surface area (Å²) in [6, 6.07) is 2.86. The third-order valence-corrected chi connectivity index (χ3v) is 2.84. The third-order valence-electron chi connectivity index (χ3n) is 2.84. The van der Waals surface area contributed by atoms with E-state index in [4.69, 9.17) is 5.11 Å². The number of anilines is 1. The van der Waals surface area contributed by atoms with Gasteiger partial charge in [-0.25, -0.2) is 8.78 Å². The highest BCUT2D eigenvalue weighted by atomic mass is 19.1. The predicted molar refractivity (Wildman–Crippen MR) is 70.4 cm³/mol. The SMILES string of the molecule is CCCC(=O)N(CC(C)C(=O)O)c1ccc(F)cc1F. The molecule has 0 fully saturated rings. The molecule has 0 aromatic heterocycles. The first-order chi connectivity index (χ1) is 9.36. The zero-order chi connectivity index (χ0) is 15.3. The van der Waals surface area contributed by atoms with Gasteiger partial charge in [-0.1, -0.05) is 13.8 Å². The molecule has 20 heavy (non-hydrogen) atoms. The van der Waals surface area contributed by atoms with Gasteiger partial charge in [0.2, 0.25) is 5.91 Å². The number of carboxylic acids is 1. The van der Waals surface area contributed by atoms with Gasteiger partial charge in [-0.2, -0.15) is 0 Å². The van der Waals surface area contributed by atoms with Crippen molar-refractivity contribution in [1.82, 2.24) is 0 Å². The number of carboxylic acid groups (broad SMARTS) is 1. The number of carbonyl (C=O) groups is 2. The second kappa shape index (κ2) is 6.98. The van der Waals surface area contributed by atoms with Crippen LogP contribution in [0.4, 0.5) is 14.5 Å². The Morgan fingerprint density at radius 2 is 2.00 bits per heavy atom. The van der Waals surface area contributed by atoms with Gasteiger partial charge < -0.3 is 10.0 Å². The second-order valence-electron chi connectivity index (χ2n) is 4.59. The highest BCUT2D eigenvalue weighted by molar-refractivity contribution is 5.94. The summed E-state index contributed by atoms with van der Waals surface area (Å²) in [6.07, 6.45) is 0.725. The number of hydrogen-bond acceptors (Lipinski definition) is 2. The van der Waals surface area contributed by atoms with Gasteiger partial charge in [0, 0.05) is 19.0 Å². The first-order valence-electron chi connectivity index (χ1n) is 6.35. The molecule has 0 aliphatic rings. The van der Waals surface area contributed by atoms with Crippen LogP contribution in [0.3, 0.4) is 0 Å². The molecule has 1 atom stereocenters. The van der Waals surface area contributed by atoms with Gasteiger partial charge in [-0.15, -0.1) is 0 Å². The van der Waals surface area contributed by atoms with Crippen molar-refractivity contribution in [3.05, 3.63) is 29.8 Å². The smallest absolute Gasteiger partial charge is 0.308 e. The van der Waals surface area contributed by atoms with E-state index in [0.29, 0.717) is 12.5 Å². The lowest BCUT2D eigenvalue weighted by atomic mass is 10.1. The van der Waals surface area contributed by atoms with Crippen molar-refractivity contribution in [2.24, 2.45) is 5.92 Å². The standard InChI is InChI=1S/C14H17F2NO3/c1-3-4-13(18)17(8-9(2)14(19)20)12-6-5-10(15)7-11(12)16/h5-7,9H,3-4,8H2,1-2H3,(H,19,20). The number of rotatable bonds is 6. The van der Waals surface area contributed by atoms with Crippen molar-refractivity contribution in [3.63, 3.8) is 0 Å². The molecule has 1 amide bonds. The zero-order valence-corrected chi connectivity index (χ0v) is 11.4. The number of nitrogens with zero attached hydrogens (tertiary/aromatic N) is 1. The van der Waals surface area contributed by atoms with Gasteiger partial charge in [0.05, 0.1) is 11.6 Å². The molecule has 0 saturated carbocycles. The first kappa shape index (κ1) is 16.1. The Kier molecular flexibility index (Phi) is 5.61. The maximum atomic E-state index is 13.8. The summed E-state index contributed by atoms with van der Waals surface area (Å²) in [4.78, 5) is 24.0. The lowest BCUT2D eigenvalue weighted by molar-refractivity contribution is -0.140. The Morgan fingerprint density at radius 3 is 2.50 bits per heavy atom. The average molecular weight is 285 g/mol. The van der Waals surface area contributed by atoms with E-state index in [9.17, 15) is 18.4 Å². The third kappa shape index (κ3) is 4.01. The summed E-state index contributed by atoms with van der Waals surface area (Å²) in [5, 5.41) is 8.91. The highest BCUT2D eigenvalue weighted by Crippen LogP contribution is 2.22. The molecule has 0 radical (unpaired) electrons. The summed E-state index contributed by atoms with van der Waals surface area (Å²) in [5.74, 6) is -3.94. The van der Waals surface area contributed by atoms with Gasteiger partial charge >= 0.3 is 5.97 Å². The first-order valence-corrected chi connectivity index (χ1v) is 6.35. The van der Waals surface area contributed by atoms with Crippen LogP contribution < -0.4 is 4.90 Å².